The quantitative estimate of drug-likeness (QED) is 0.0278. The summed E-state index contributed by atoms with van der Waals surface area (Å²) in [6.45, 7) is 4.52. The molecule has 318 valence electrons. The molecule has 3 atom stereocenters. The van der Waals surface area contributed by atoms with Gasteiger partial charge in [0.15, 0.2) is 0 Å². The van der Waals surface area contributed by atoms with Crippen molar-refractivity contribution in [1.29, 1.82) is 0 Å². The third-order valence-electron chi connectivity index (χ3n) is 10.4. The Hall–Kier alpha value is -1.48. The van der Waals surface area contributed by atoms with Gasteiger partial charge in [-0.15, -0.1) is 0 Å². The maximum absolute atomic E-state index is 12.6. The van der Waals surface area contributed by atoms with Crippen molar-refractivity contribution in [3.63, 3.8) is 0 Å². The Kier molecular flexibility index (Phi) is 38.7. The van der Waals surface area contributed by atoms with Gasteiger partial charge in [0.2, 0.25) is 5.91 Å². The van der Waals surface area contributed by atoms with Crippen LogP contribution >= 0.6 is 0 Å². The fraction of sp³-hybridized carbons (Fsp3) is 0.848. The lowest BCUT2D eigenvalue weighted by molar-refractivity contribution is -0.130. The molecule has 0 aliphatic carbocycles. The summed E-state index contributed by atoms with van der Waals surface area (Å²) in [7, 11) is -4.46. The highest BCUT2D eigenvalue weighted by molar-refractivity contribution is 7.85. The van der Waals surface area contributed by atoms with Crippen LogP contribution in [0.15, 0.2) is 36.5 Å². The van der Waals surface area contributed by atoms with Crippen molar-refractivity contribution in [1.82, 2.24) is 5.32 Å². The van der Waals surface area contributed by atoms with Gasteiger partial charge in [0, 0.05) is 0 Å². The third kappa shape index (κ3) is 38.8. The predicted octanol–water partition coefficient (Wildman–Crippen LogP) is 12.7. The Morgan fingerprint density at radius 2 is 0.833 bits per heavy atom. The molecule has 0 saturated heterocycles. The summed E-state index contributed by atoms with van der Waals surface area (Å²) >= 11 is 0. The number of aliphatic hydroxyl groups is 2. The minimum absolute atomic E-state index is 0.274. The molecular weight excluding hydrogens is 695 g/mol. The molecule has 8 heteroatoms. The number of carbonyl (C=O) groups is 1. The summed E-state index contributed by atoms with van der Waals surface area (Å²) < 4.78 is 32.6. The van der Waals surface area contributed by atoms with Crippen LogP contribution in [0.5, 0.6) is 0 Å². The number of aliphatic hydroxyl groups excluding tert-OH is 2. The molecule has 0 aromatic carbocycles. The molecule has 0 spiro atoms. The highest BCUT2D eigenvalue weighted by Gasteiger charge is 2.27. The molecule has 0 aliphatic heterocycles. The first-order valence-electron chi connectivity index (χ1n) is 22.8. The molecule has 4 N–H and O–H groups in total. The van der Waals surface area contributed by atoms with E-state index in [0.717, 1.165) is 44.9 Å². The third-order valence-corrected chi connectivity index (χ3v) is 11.2. The highest BCUT2D eigenvalue weighted by atomic mass is 32.2. The van der Waals surface area contributed by atoms with Crippen molar-refractivity contribution in [2.75, 3.05) is 5.75 Å². The smallest absolute Gasteiger partial charge is 0.267 e. The van der Waals surface area contributed by atoms with E-state index in [9.17, 15) is 28.0 Å². The maximum atomic E-state index is 12.6. The van der Waals surface area contributed by atoms with Crippen molar-refractivity contribution < 1.29 is 28.0 Å². The molecule has 0 fully saturated rings. The molecule has 54 heavy (non-hydrogen) atoms. The first-order chi connectivity index (χ1) is 26.2. The fourth-order valence-corrected chi connectivity index (χ4v) is 7.64. The van der Waals surface area contributed by atoms with Crippen LogP contribution in [0.1, 0.15) is 226 Å². The molecule has 1 amide bonds. The lowest BCUT2D eigenvalue weighted by atomic mass is 10.0. The van der Waals surface area contributed by atoms with Gasteiger partial charge in [0.1, 0.15) is 6.10 Å². The standard InChI is InChI=1S/C46H87NO6S/c1-3-5-7-9-11-13-15-17-19-21-23-25-27-29-31-33-35-37-39-41-45(49)46(50)47-43(42-54(51,52)53)44(48)40-38-36-34-32-30-28-26-24-22-20-18-16-14-12-10-8-6-4-2/h22,24,30,32,38,40,43-45,48-49H,3-21,23,25-29,31,33-37,39,41-42H2,1-2H3,(H,47,50)(H,51,52,53)/b24-22+,32-30+,40-38+. The monoisotopic (exact) mass is 782 g/mol. The molecule has 0 bridgehead atoms. The van der Waals surface area contributed by atoms with Crippen LogP contribution in [-0.2, 0) is 14.9 Å². The zero-order valence-electron chi connectivity index (χ0n) is 35.2. The van der Waals surface area contributed by atoms with E-state index in [-0.39, 0.29) is 6.42 Å². The SMILES string of the molecule is CCCCCCCCCC/C=C/CC/C=C/CC/C=C/C(O)C(CS(=O)(=O)O)NC(=O)C(O)CCCCCCCCCCCCCCCCCCCCC. The van der Waals surface area contributed by atoms with Gasteiger partial charge in [0.25, 0.3) is 10.1 Å². The molecule has 7 nitrogen and oxygen atoms in total. The van der Waals surface area contributed by atoms with Gasteiger partial charge < -0.3 is 15.5 Å². The zero-order valence-corrected chi connectivity index (χ0v) is 36.0. The van der Waals surface area contributed by atoms with Crippen molar-refractivity contribution in [2.45, 2.75) is 244 Å². The zero-order chi connectivity index (χ0) is 39.8. The molecule has 0 heterocycles. The molecule has 0 rings (SSSR count). The van der Waals surface area contributed by atoms with Crippen LogP contribution in [0.4, 0.5) is 0 Å². The van der Waals surface area contributed by atoms with Gasteiger partial charge in [-0.25, -0.2) is 0 Å². The largest absolute Gasteiger partial charge is 0.387 e. The number of rotatable bonds is 41. The normalized spacial score (nSPS) is 14.1. The Balaban J connectivity index is 4.02. The van der Waals surface area contributed by atoms with Gasteiger partial charge >= 0.3 is 0 Å². The van der Waals surface area contributed by atoms with Crippen molar-refractivity contribution in [3.8, 4) is 0 Å². The minimum Gasteiger partial charge on any atom is -0.387 e. The van der Waals surface area contributed by atoms with Crippen LogP contribution in [0, 0.1) is 0 Å². The maximum Gasteiger partial charge on any atom is 0.267 e. The van der Waals surface area contributed by atoms with Crippen molar-refractivity contribution >= 4 is 16.0 Å². The predicted molar refractivity (Wildman–Crippen MR) is 231 cm³/mol. The van der Waals surface area contributed by atoms with Gasteiger partial charge in [-0.3, -0.25) is 9.35 Å². The van der Waals surface area contributed by atoms with E-state index < -0.39 is 40.0 Å². The Labute approximate surface area is 334 Å². The average Bonchev–Trinajstić information content (AvgIpc) is 3.14. The molecule has 3 unspecified atom stereocenters. The topological polar surface area (TPSA) is 124 Å². The van der Waals surface area contributed by atoms with Crippen LogP contribution in [0.25, 0.3) is 0 Å². The van der Waals surface area contributed by atoms with Gasteiger partial charge in [-0.2, -0.15) is 8.42 Å². The van der Waals surface area contributed by atoms with Crippen molar-refractivity contribution in [2.24, 2.45) is 0 Å². The summed E-state index contributed by atoms with van der Waals surface area (Å²) in [4.78, 5) is 12.6. The number of amides is 1. The van der Waals surface area contributed by atoms with Crippen LogP contribution in [0.3, 0.4) is 0 Å². The van der Waals surface area contributed by atoms with Gasteiger partial charge in [-0.1, -0.05) is 217 Å². The van der Waals surface area contributed by atoms with Crippen LogP contribution in [-0.4, -0.2) is 53.1 Å². The first kappa shape index (κ1) is 52.5. The van der Waals surface area contributed by atoms with E-state index in [2.05, 4.69) is 43.5 Å². The van der Waals surface area contributed by atoms with Crippen molar-refractivity contribution in [3.05, 3.63) is 36.5 Å². The van der Waals surface area contributed by atoms with Gasteiger partial charge in [-0.05, 0) is 44.9 Å². The van der Waals surface area contributed by atoms with E-state index in [1.54, 1.807) is 6.08 Å². The minimum atomic E-state index is -4.46. The number of unbranched alkanes of at least 4 members (excludes halogenated alkanes) is 28. The fourth-order valence-electron chi connectivity index (χ4n) is 6.90. The molecule has 0 saturated carbocycles. The molecule has 0 aromatic rings. The summed E-state index contributed by atoms with van der Waals surface area (Å²) in [5, 5.41) is 23.4. The number of hydrogen-bond donors (Lipinski definition) is 4. The summed E-state index contributed by atoms with van der Waals surface area (Å²) in [6, 6.07) is -1.25. The Bertz CT molecular complexity index is 1010. The lowest BCUT2D eigenvalue weighted by Crippen LogP contribution is -2.50. The second kappa shape index (κ2) is 39.7. The first-order valence-corrected chi connectivity index (χ1v) is 24.4. The summed E-state index contributed by atoms with van der Waals surface area (Å²) in [5.41, 5.74) is 0. The Morgan fingerprint density at radius 3 is 1.22 bits per heavy atom. The lowest BCUT2D eigenvalue weighted by Gasteiger charge is -2.22. The molecule has 0 radical (unpaired) electrons. The summed E-state index contributed by atoms with van der Waals surface area (Å²) in [5.74, 6) is -1.56. The average molecular weight is 782 g/mol. The number of allylic oxidation sites excluding steroid dienone is 5. The number of hydrogen-bond acceptors (Lipinski definition) is 5. The van der Waals surface area contributed by atoms with E-state index in [1.807, 2.05) is 0 Å². The number of nitrogens with one attached hydrogen (secondary N) is 1. The molecule has 0 aliphatic rings. The van der Waals surface area contributed by atoms with E-state index in [4.69, 9.17) is 0 Å². The van der Waals surface area contributed by atoms with E-state index in [0.29, 0.717) is 12.8 Å². The summed E-state index contributed by atoms with van der Waals surface area (Å²) in [6.07, 6.45) is 49.2. The van der Waals surface area contributed by atoms with Crippen LogP contribution in [0.2, 0.25) is 0 Å². The highest BCUT2D eigenvalue weighted by Crippen LogP contribution is 2.16. The van der Waals surface area contributed by atoms with Crippen LogP contribution < -0.4 is 5.32 Å². The second-order valence-corrected chi connectivity index (χ2v) is 17.3. The molecule has 0 aromatic heterocycles. The second-order valence-electron chi connectivity index (χ2n) is 15.8. The van der Waals surface area contributed by atoms with Gasteiger partial charge in [0.05, 0.1) is 17.9 Å². The Morgan fingerprint density at radius 1 is 0.500 bits per heavy atom. The van der Waals surface area contributed by atoms with E-state index >= 15 is 0 Å². The number of carbonyl (C=O) groups excluding carboxylic acids is 1. The molecular formula is C46H87NO6S. The van der Waals surface area contributed by atoms with E-state index in [1.165, 1.54) is 154 Å².